The molecule has 0 aromatic carbocycles. The quantitative estimate of drug-likeness (QED) is 0.280. The SMILES string of the molecule is CCO/C(C(Cl)=[N+](C)C)=C(/Cl)N(C)C.[Cl-]. The second kappa shape index (κ2) is 8.08. The van der Waals surface area contributed by atoms with Gasteiger partial charge >= 0.3 is 5.17 Å². The number of nitrogens with zero attached hydrogens (tertiary/aromatic N) is 2. The predicted molar refractivity (Wildman–Crippen MR) is 61.2 cm³/mol. The summed E-state index contributed by atoms with van der Waals surface area (Å²) in [6.45, 7) is 2.42. The normalized spacial score (nSPS) is 11.1. The molecule has 90 valence electrons. The molecular weight excluding hydrogens is 258 g/mol. The lowest BCUT2D eigenvalue weighted by Crippen LogP contribution is -3.00. The Hall–Kier alpha value is -0.120. The van der Waals surface area contributed by atoms with Crippen LogP contribution in [0, 0.1) is 0 Å². The zero-order valence-corrected chi connectivity index (χ0v) is 11.9. The summed E-state index contributed by atoms with van der Waals surface area (Å²) in [5.74, 6) is 0.505. The molecule has 0 spiro atoms. The van der Waals surface area contributed by atoms with Crippen LogP contribution in [0.2, 0.25) is 0 Å². The van der Waals surface area contributed by atoms with E-state index in [2.05, 4.69) is 0 Å². The number of rotatable bonds is 4. The van der Waals surface area contributed by atoms with Crippen LogP contribution in [-0.2, 0) is 4.74 Å². The molecule has 0 rings (SSSR count). The average Bonchev–Trinajstić information content (AvgIpc) is 2.11. The highest BCUT2D eigenvalue weighted by Crippen LogP contribution is 2.16. The van der Waals surface area contributed by atoms with Gasteiger partial charge in [-0.25, -0.2) is 4.58 Å². The lowest BCUT2D eigenvalue weighted by Gasteiger charge is -2.14. The summed E-state index contributed by atoms with van der Waals surface area (Å²) in [5, 5.41) is 0.983. The van der Waals surface area contributed by atoms with E-state index in [1.165, 1.54) is 0 Å². The van der Waals surface area contributed by atoms with Crippen molar-refractivity contribution in [3.8, 4) is 0 Å². The van der Waals surface area contributed by atoms with E-state index < -0.39 is 0 Å². The Kier molecular flexibility index (Phi) is 9.31. The van der Waals surface area contributed by atoms with Gasteiger partial charge in [0.1, 0.15) is 14.1 Å². The molecule has 0 radical (unpaired) electrons. The molecule has 0 saturated carbocycles. The van der Waals surface area contributed by atoms with Gasteiger partial charge in [0.2, 0.25) is 5.76 Å². The zero-order chi connectivity index (χ0) is 11.3. The fourth-order valence-electron chi connectivity index (χ4n) is 0.755. The first kappa shape index (κ1) is 17.3. The van der Waals surface area contributed by atoms with Crippen LogP contribution in [0.3, 0.4) is 0 Å². The highest BCUT2D eigenvalue weighted by molar-refractivity contribution is 6.68. The first-order valence-corrected chi connectivity index (χ1v) is 5.07. The van der Waals surface area contributed by atoms with E-state index in [1.54, 1.807) is 9.48 Å². The standard InChI is InChI=1S/C9H17Cl2N2O.ClH/c1-6-14-7(8(10)12(2)3)9(11)13(4)5;/h6H2,1-5H3;1H/q+1;/p-1. The second-order valence-corrected chi connectivity index (χ2v) is 3.85. The van der Waals surface area contributed by atoms with Gasteiger partial charge in [0.15, 0.2) is 5.16 Å². The minimum atomic E-state index is 0. The largest absolute Gasteiger partial charge is 1.00 e. The van der Waals surface area contributed by atoms with Crippen LogP contribution < -0.4 is 12.4 Å². The van der Waals surface area contributed by atoms with Crippen LogP contribution in [0.5, 0.6) is 0 Å². The molecular formula is C9H17Cl3N2O. The third kappa shape index (κ3) is 5.50. The minimum Gasteiger partial charge on any atom is -1.00 e. The van der Waals surface area contributed by atoms with Gasteiger partial charge in [-0.3, -0.25) is 0 Å². The van der Waals surface area contributed by atoms with Crippen molar-refractivity contribution in [3.63, 3.8) is 0 Å². The van der Waals surface area contributed by atoms with Crippen molar-refractivity contribution >= 4 is 28.4 Å². The van der Waals surface area contributed by atoms with E-state index in [-0.39, 0.29) is 12.4 Å². The maximum atomic E-state index is 6.05. The smallest absolute Gasteiger partial charge is 0.315 e. The van der Waals surface area contributed by atoms with Crippen molar-refractivity contribution < 1.29 is 21.7 Å². The zero-order valence-electron chi connectivity index (χ0n) is 9.64. The Balaban J connectivity index is 0. The van der Waals surface area contributed by atoms with E-state index in [0.717, 1.165) is 0 Å². The van der Waals surface area contributed by atoms with E-state index in [0.29, 0.717) is 22.7 Å². The van der Waals surface area contributed by atoms with Gasteiger partial charge in [0, 0.05) is 14.1 Å². The first-order valence-electron chi connectivity index (χ1n) is 4.31. The molecule has 0 aliphatic carbocycles. The van der Waals surface area contributed by atoms with Crippen molar-refractivity contribution in [1.29, 1.82) is 0 Å². The number of hydrogen-bond acceptors (Lipinski definition) is 2. The third-order valence-electron chi connectivity index (χ3n) is 1.45. The lowest BCUT2D eigenvalue weighted by atomic mass is 10.5. The van der Waals surface area contributed by atoms with Gasteiger partial charge in [0.05, 0.1) is 6.61 Å². The molecule has 3 nitrogen and oxygen atoms in total. The average molecular weight is 276 g/mol. The second-order valence-electron chi connectivity index (χ2n) is 3.13. The van der Waals surface area contributed by atoms with Gasteiger partial charge in [-0.2, -0.15) is 0 Å². The molecule has 0 aliphatic rings. The maximum Gasteiger partial charge on any atom is 0.315 e. The Morgan fingerprint density at radius 1 is 1.27 bits per heavy atom. The van der Waals surface area contributed by atoms with Gasteiger partial charge in [-0.15, -0.1) is 0 Å². The van der Waals surface area contributed by atoms with Gasteiger partial charge < -0.3 is 22.0 Å². The van der Waals surface area contributed by atoms with Gasteiger partial charge in [-0.05, 0) is 18.5 Å². The number of halogens is 3. The molecule has 0 bridgehead atoms. The highest BCUT2D eigenvalue weighted by atomic mass is 35.5. The first-order chi connectivity index (χ1) is 6.41. The summed E-state index contributed by atoms with van der Waals surface area (Å²) in [4.78, 5) is 1.75. The minimum absolute atomic E-state index is 0. The highest BCUT2D eigenvalue weighted by Gasteiger charge is 2.19. The van der Waals surface area contributed by atoms with E-state index in [9.17, 15) is 0 Å². The summed E-state index contributed by atoms with van der Waals surface area (Å²) >= 11 is 12.1. The number of ether oxygens (including phenoxy) is 1. The van der Waals surface area contributed by atoms with E-state index in [4.69, 9.17) is 27.9 Å². The molecule has 0 fully saturated rings. The van der Waals surface area contributed by atoms with Crippen LogP contribution in [0.15, 0.2) is 10.9 Å². The molecule has 0 aromatic heterocycles. The number of hydrogen-bond donors (Lipinski definition) is 0. The summed E-state index contributed by atoms with van der Waals surface area (Å²) in [5.41, 5.74) is 0. The maximum absolute atomic E-state index is 6.05. The number of allylic oxidation sites excluding steroid dienone is 1. The van der Waals surface area contributed by atoms with Crippen molar-refractivity contribution in [2.45, 2.75) is 6.92 Å². The molecule has 0 N–H and O–H groups in total. The molecule has 0 unspecified atom stereocenters. The molecule has 0 aromatic rings. The van der Waals surface area contributed by atoms with Crippen molar-refractivity contribution in [2.75, 3.05) is 34.8 Å². The Labute approximate surface area is 108 Å². The third-order valence-corrected chi connectivity index (χ3v) is 2.47. The molecule has 0 heterocycles. The fourth-order valence-corrected chi connectivity index (χ4v) is 1.09. The van der Waals surface area contributed by atoms with Crippen LogP contribution in [0.1, 0.15) is 6.92 Å². The van der Waals surface area contributed by atoms with Crippen LogP contribution in [-0.4, -0.2) is 49.4 Å². The topological polar surface area (TPSA) is 15.5 Å². The molecule has 0 aliphatic heterocycles. The van der Waals surface area contributed by atoms with E-state index >= 15 is 0 Å². The Morgan fingerprint density at radius 3 is 2.00 bits per heavy atom. The fraction of sp³-hybridized carbons (Fsp3) is 0.667. The Bertz CT molecular complexity index is 258. The van der Waals surface area contributed by atoms with Crippen LogP contribution in [0.4, 0.5) is 0 Å². The van der Waals surface area contributed by atoms with Crippen molar-refractivity contribution in [2.24, 2.45) is 0 Å². The summed E-state index contributed by atoms with van der Waals surface area (Å²) < 4.78 is 7.13. The monoisotopic (exact) mass is 274 g/mol. The van der Waals surface area contributed by atoms with Crippen LogP contribution in [0.25, 0.3) is 0 Å². The summed E-state index contributed by atoms with van der Waals surface area (Å²) in [7, 11) is 7.34. The molecule has 15 heavy (non-hydrogen) atoms. The molecule has 0 atom stereocenters. The Morgan fingerprint density at radius 2 is 1.73 bits per heavy atom. The summed E-state index contributed by atoms with van der Waals surface area (Å²) in [6, 6.07) is 0. The van der Waals surface area contributed by atoms with Gasteiger partial charge in [0.25, 0.3) is 0 Å². The van der Waals surface area contributed by atoms with Crippen LogP contribution >= 0.6 is 23.2 Å². The lowest BCUT2D eigenvalue weighted by molar-refractivity contribution is -0.462. The molecule has 0 amide bonds. The summed E-state index contributed by atoms with van der Waals surface area (Å²) in [6.07, 6.45) is 0. The molecule has 6 heteroatoms. The van der Waals surface area contributed by atoms with Crippen molar-refractivity contribution in [1.82, 2.24) is 4.90 Å². The van der Waals surface area contributed by atoms with Gasteiger partial charge in [-0.1, -0.05) is 11.6 Å². The van der Waals surface area contributed by atoms with E-state index in [1.807, 2.05) is 35.1 Å². The predicted octanol–water partition coefficient (Wildman–Crippen LogP) is -1.09. The molecule has 0 saturated heterocycles. The van der Waals surface area contributed by atoms with Crippen molar-refractivity contribution in [3.05, 3.63) is 10.9 Å².